The second-order valence-electron chi connectivity index (χ2n) is 12.4. The van der Waals surface area contributed by atoms with Crippen molar-refractivity contribution in [2.24, 2.45) is 5.41 Å². The van der Waals surface area contributed by atoms with Gasteiger partial charge in [0.25, 0.3) is 0 Å². The zero-order valence-corrected chi connectivity index (χ0v) is 21.6. The predicted molar refractivity (Wildman–Crippen MR) is 140 cm³/mol. The molecule has 1 spiro atoms. The summed E-state index contributed by atoms with van der Waals surface area (Å²) in [5.74, 6) is 0.331. The second-order valence-corrected chi connectivity index (χ2v) is 12.4. The van der Waals surface area contributed by atoms with Gasteiger partial charge in [-0.3, -0.25) is 14.2 Å². The number of aromatic nitrogens is 1. The monoisotopic (exact) mass is 514 g/mol. The van der Waals surface area contributed by atoms with Gasteiger partial charge in [-0.2, -0.15) is 5.26 Å². The molecule has 1 unspecified atom stereocenters. The first-order valence-corrected chi connectivity index (χ1v) is 14.1. The normalized spacial score (nSPS) is 34.9. The largest absolute Gasteiger partial charge is 0.489 e. The summed E-state index contributed by atoms with van der Waals surface area (Å²) in [6.07, 6.45) is 3.99. The van der Waals surface area contributed by atoms with E-state index in [0.29, 0.717) is 17.7 Å². The van der Waals surface area contributed by atoms with Gasteiger partial charge in [0.05, 0.1) is 24.2 Å². The van der Waals surface area contributed by atoms with Gasteiger partial charge in [0.15, 0.2) is 0 Å². The number of hydrogen-bond donors (Lipinski definition) is 1. The van der Waals surface area contributed by atoms with E-state index in [1.165, 1.54) is 10.9 Å². The summed E-state index contributed by atoms with van der Waals surface area (Å²) in [7, 11) is 0. The molecular weight excluding hydrogens is 482 g/mol. The number of likely N-dealkylation sites (tertiary alicyclic amines) is 1. The number of hydrogen-bond acceptors (Lipinski definition) is 4. The number of nitrogens with one attached hydrogen (secondary N) is 1. The number of nitriles is 1. The highest BCUT2D eigenvalue weighted by Crippen LogP contribution is 2.81. The van der Waals surface area contributed by atoms with Crippen LogP contribution in [-0.2, 0) is 6.42 Å². The summed E-state index contributed by atoms with van der Waals surface area (Å²) < 4.78 is 35.3. The molecule has 0 radical (unpaired) electrons. The Morgan fingerprint density at radius 1 is 1.24 bits per heavy atom. The summed E-state index contributed by atoms with van der Waals surface area (Å²) in [5, 5.41) is 11.4. The van der Waals surface area contributed by atoms with Crippen LogP contribution in [0.3, 0.4) is 0 Å². The zero-order chi connectivity index (χ0) is 25.8. The number of alkyl halides is 1. The minimum absolute atomic E-state index is 0.0160. The standard InChI is InChI=1S/C31H32F2N4O/c1-18-11-22-21-5-2-3-6-25(21)35-27(22)28-26-23(29-30(17-34)15-31(29,16-30)37(18)28)12-20(13-24(26)33)38-19-7-10-36(14-19)9-4-8-32/h2-3,5-6,12-13,18-19,28-29,35H,4,7-11,14-16H2,1H3/t18-,19+,28-,29?,30?,31?/m1/s1. The molecule has 1 N–H and O–H groups in total. The van der Waals surface area contributed by atoms with Crippen molar-refractivity contribution in [3.05, 3.63) is 64.6 Å². The maximum Gasteiger partial charge on any atom is 0.132 e. The Morgan fingerprint density at radius 3 is 2.89 bits per heavy atom. The van der Waals surface area contributed by atoms with Gasteiger partial charge >= 0.3 is 0 Å². The van der Waals surface area contributed by atoms with Crippen LogP contribution in [0.1, 0.15) is 67.0 Å². The van der Waals surface area contributed by atoms with E-state index in [1.807, 2.05) is 12.1 Å². The van der Waals surface area contributed by atoms with Crippen LogP contribution in [0, 0.1) is 22.6 Å². The number of ether oxygens (including phenoxy) is 1. The highest BCUT2D eigenvalue weighted by Gasteiger charge is 2.81. The van der Waals surface area contributed by atoms with Crippen LogP contribution in [0.25, 0.3) is 10.9 Å². The Labute approximate surface area is 221 Å². The maximum atomic E-state index is 16.3. The fourth-order valence-corrected chi connectivity index (χ4v) is 8.99. The van der Waals surface area contributed by atoms with E-state index < -0.39 is 5.41 Å². The number of fused-ring (bicyclic) bond motifs is 7. The topological polar surface area (TPSA) is 55.3 Å². The summed E-state index contributed by atoms with van der Waals surface area (Å²) in [5.41, 5.74) is 4.68. The number of para-hydroxylation sites is 1. The fourth-order valence-electron chi connectivity index (χ4n) is 8.99. The van der Waals surface area contributed by atoms with Crippen LogP contribution in [0.15, 0.2) is 36.4 Å². The van der Waals surface area contributed by atoms with E-state index in [0.717, 1.165) is 62.1 Å². The molecule has 1 aromatic heterocycles. The van der Waals surface area contributed by atoms with E-state index in [4.69, 9.17) is 4.74 Å². The Balaban J connectivity index is 1.23. The SMILES string of the molecule is C[C@@H]1Cc2c([nH]c3ccccc23)[C@H]2c3c(F)cc(O[C@H]4CCN(CCCF)C4)cc3C3C4(C#N)CC3(C4)N21. The Kier molecular flexibility index (Phi) is 4.72. The van der Waals surface area contributed by atoms with Crippen molar-refractivity contribution in [3.63, 3.8) is 0 Å². The molecule has 2 aromatic carbocycles. The summed E-state index contributed by atoms with van der Waals surface area (Å²) in [4.78, 5) is 8.46. The summed E-state index contributed by atoms with van der Waals surface area (Å²) in [6.45, 7) is 4.30. The molecule has 4 heterocycles. The number of benzene rings is 2. The van der Waals surface area contributed by atoms with E-state index in [9.17, 15) is 9.65 Å². The van der Waals surface area contributed by atoms with E-state index >= 15 is 4.39 Å². The number of halogens is 2. The highest BCUT2D eigenvalue weighted by atomic mass is 19.1. The Bertz CT molecular complexity index is 1500. The first-order chi connectivity index (χ1) is 18.5. The molecule has 5 nitrogen and oxygen atoms in total. The first kappa shape index (κ1) is 23.0. The van der Waals surface area contributed by atoms with Gasteiger partial charge in [-0.1, -0.05) is 18.2 Å². The molecule has 3 aliphatic carbocycles. The molecule has 2 bridgehead atoms. The van der Waals surface area contributed by atoms with Gasteiger partial charge in [0, 0.05) is 65.4 Å². The summed E-state index contributed by atoms with van der Waals surface area (Å²) >= 11 is 0. The van der Waals surface area contributed by atoms with Crippen molar-refractivity contribution in [2.45, 2.75) is 68.7 Å². The van der Waals surface area contributed by atoms with Crippen LogP contribution in [0.4, 0.5) is 8.78 Å². The Hall–Kier alpha value is -2.95. The molecule has 3 aromatic rings. The molecule has 7 heteroatoms. The van der Waals surface area contributed by atoms with Crippen molar-refractivity contribution in [1.82, 2.24) is 14.8 Å². The Morgan fingerprint density at radius 2 is 2.08 bits per heavy atom. The lowest BCUT2D eigenvalue weighted by molar-refractivity contribution is -0.246. The molecule has 3 saturated carbocycles. The molecule has 9 rings (SSSR count). The lowest BCUT2D eigenvalue weighted by Gasteiger charge is -2.80. The van der Waals surface area contributed by atoms with Crippen LogP contribution < -0.4 is 4.74 Å². The van der Waals surface area contributed by atoms with E-state index in [-0.39, 0.29) is 42.1 Å². The lowest BCUT2D eigenvalue weighted by Crippen LogP contribution is -2.83. The van der Waals surface area contributed by atoms with Gasteiger partial charge in [-0.25, -0.2) is 4.39 Å². The smallest absolute Gasteiger partial charge is 0.132 e. The van der Waals surface area contributed by atoms with Gasteiger partial charge in [0.2, 0.25) is 0 Å². The van der Waals surface area contributed by atoms with Crippen LogP contribution in [-0.4, -0.2) is 58.8 Å². The molecule has 38 heavy (non-hydrogen) atoms. The van der Waals surface area contributed by atoms with Crippen LogP contribution in [0.2, 0.25) is 0 Å². The van der Waals surface area contributed by atoms with Crippen LogP contribution >= 0.6 is 0 Å². The van der Waals surface area contributed by atoms with Gasteiger partial charge in [0.1, 0.15) is 17.7 Å². The molecule has 0 amide bonds. The third-order valence-electron chi connectivity index (χ3n) is 10.3. The number of aromatic amines is 1. The molecule has 3 aliphatic heterocycles. The van der Waals surface area contributed by atoms with Gasteiger partial charge < -0.3 is 9.72 Å². The first-order valence-electron chi connectivity index (χ1n) is 14.1. The average molecular weight is 515 g/mol. The minimum atomic E-state index is -0.401. The zero-order valence-electron chi connectivity index (χ0n) is 21.6. The van der Waals surface area contributed by atoms with Crippen molar-refractivity contribution >= 4 is 10.9 Å². The average Bonchev–Trinajstić information content (AvgIpc) is 3.46. The van der Waals surface area contributed by atoms with Gasteiger partial charge in [-0.15, -0.1) is 0 Å². The quantitative estimate of drug-likeness (QED) is 0.481. The molecule has 1 saturated heterocycles. The predicted octanol–water partition coefficient (Wildman–Crippen LogP) is 5.61. The lowest BCUT2D eigenvalue weighted by atomic mass is 9.30. The van der Waals surface area contributed by atoms with Crippen molar-refractivity contribution in [2.75, 3.05) is 26.3 Å². The summed E-state index contributed by atoms with van der Waals surface area (Å²) in [6, 6.07) is 14.7. The van der Waals surface area contributed by atoms with Crippen molar-refractivity contribution < 1.29 is 13.5 Å². The van der Waals surface area contributed by atoms with Crippen molar-refractivity contribution in [1.29, 1.82) is 5.26 Å². The molecule has 6 aliphatic rings. The molecule has 4 fully saturated rings. The van der Waals surface area contributed by atoms with Crippen LogP contribution in [0.5, 0.6) is 5.75 Å². The number of rotatable bonds is 5. The fraction of sp³-hybridized carbons (Fsp3) is 0.516. The minimum Gasteiger partial charge on any atom is -0.489 e. The highest BCUT2D eigenvalue weighted by molar-refractivity contribution is 5.85. The van der Waals surface area contributed by atoms with E-state index in [1.54, 1.807) is 6.07 Å². The van der Waals surface area contributed by atoms with Gasteiger partial charge in [-0.05, 0) is 62.3 Å². The number of H-pyrrole nitrogens is 1. The third-order valence-corrected chi connectivity index (χ3v) is 10.3. The molecular formula is C31H32F2N4O. The second kappa shape index (κ2) is 7.80. The van der Waals surface area contributed by atoms with E-state index in [2.05, 4.69) is 46.0 Å². The third kappa shape index (κ3) is 2.80. The maximum absolute atomic E-state index is 16.3. The molecule has 196 valence electrons. The van der Waals surface area contributed by atoms with Crippen molar-refractivity contribution in [3.8, 4) is 11.8 Å². The molecule has 4 atom stereocenters. The number of nitrogens with zero attached hydrogens (tertiary/aromatic N) is 3.